The van der Waals surface area contributed by atoms with Crippen LogP contribution in [-0.4, -0.2) is 92.8 Å². The standard InChI is InChI=1S/C54H55N9O6S/c1-32-36(37-15-17-46(57-49(37)52(67)68)63-23-19-34-7-5-9-38(41(34)30-63)50(65)59-53-56-42-10-3-4-12-45(42)70-53)8-6-11-44(32)69-31-33-28-54(29-33)20-24-62(25-21-54)26-22-55-35-13-14-39-43(27-35)61(2)60-48(39)40-16-18-47(64)58-51(40)66/h3-15,17,27,33,40,55H,16,18-26,28-31H2,1-2H3,(H,67,68)(H,56,59,65)(H,58,64,66). The first-order valence-electron chi connectivity index (χ1n) is 24.2. The summed E-state index contributed by atoms with van der Waals surface area (Å²) in [7, 11) is 1.89. The summed E-state index contributed by atoms with van der Waals surface area (Å²) in [4.78, 5) is 64.7. The highest BCUT2D eigenvalue weighted by atomic mass is 32.1. The summed E-state index contributed by atoms with van der Waals surface area (Å²) in [6.07, 6.45) is 6.13. The summed E-state index contributed by atoms with van der Waals surface area (Å²) in [6.45, 7) is 7.56. The van der Waals surface area contributed by atoms with Crippen LogP contribution in [0.4, 0.5) is 16.6 Å². The number of aromatic nitrogens is 4. The van der Waals surface area contributed by atoms with E-state index in [9.17, 15) is 24.3 Å². The summed E-state index contributed by atoms with van der Waals surface area (Å²) in [5, 5.41) is 25.7. The molecule has 6 heterocycles. The molecule has 16 heteroatoms. The molecule has 7 aromatic rings. The highest BCUT2D eigenvalue weighted by Crippen LogP contribution is 2.52. The lowest BCUT2D eigenvalue weighted by Gasteiger charge is -2.52. The van der Waals surface area contributed by atoms with Gasteiger partial charge in [-0.3, -0.25) is 29.7 Å². The van der Waals surface area contributed by atoms with Crippen molar-refractivity contribution < 1.29 is 29.0 Å². The van der Waals surface area contributed by atoms with Crippen molar-refractivity contribution in [3.05, 3.63) is 125 Å². The Bertz CT molecular complexity index is 3170. The van der Waals surface area contributed by atoms with Gasteiger partial charge < -0.3 is 25.0 Å². The molecule has 1 saturated carbocycles. The zero-order chi connectivity index (χ0) is 48.1. The van der Waals surface area contributed by atoms with Crippen LogP contribution >= 0.6 is 11.3 Å². The molecule has 3 fully saturated rings. The number of anilines is 3. The maximum atomic E-state index is 13.6. The summed E-state index contributed by atoms with van der Waals surface area (Å²) >= 11 is 1.44. The molecule has 15 nitrogen and oxygen atoms in total. The Hall–Kier alpha value is -7.17. The first kappa shape index (κ1) is 45.3. The van der Waals surface area contributed by atoms with Gasteiger partial charge in [0.15, 0.2) is 10.8 Å². The van der Waals surface area contributed by atoms with Crippen LogP contribution in [0.3, 0.4) is 0 Å². The van der Waals surface area contributed by atoms with Gasteiger partial charge >= 0.3 is 5.97 Å². The van der Waals surface area contributed by atoms with Crippen molar-refractivity contribution in [2.45, 2.75) is 64.3 Å². The molecule has 4 aromatic carbocycles. The van der Waals surface area contributed by atoms with Gasteiger partial charge in [-0.05, 0) is 147 Å². The number of benzene rings is 4. The number of carbonyl (C=O) groups is 4. The zero-order valence-corrected chi connectivity index (χ0v) is 40.1. The number of aryl methyl sites for hydroxylation is 1. The minimum Gasteiger partial charge on any atom is -0.493 e. The summed E-state index contributed by atoms with van der Waals surface area (Å²) in [5.74, 6) is -0.488. The number of piperidine rings is 2. The molecule has 1 unspecified atom stereocenters. The topological polar surface area (TPSA) is 184 Å². The number of para-hydroxylation sites is 1. The molecule has 4 aliphatic rings. The van der Waals surface area contributed by atoms with Crippen molar-refractivity contribution in [2.75, 3.05) is 54.9 Å². The van der Waals surface area contributed by atoms with Gasteiger partial charge in [0.2, 0.25) is 11.8 Å². The molecule has 1 aliphatic carbocycles. The average molecular weight is 958 g/mol. The highest BCUT2D eigenvalue weighted by Gasteiger charge is 2.46. The Kier molecular flexibility index (Phi) is 12.0. The Morgan fingerprint density at radius 3 is 2.57 bits per heavy atom. The number of thiazole rings is 1. The predicted molar refractivity (Wildman–Crippen MR) is 271 cm³/mol. The van der Waals surface area contributed by atoms with E-state index in [2.05, 4.69) is 37.0 Å². The van der Waals surface area contributed by atoms with E-state index in [1.807, 2.05) is 108 Å². The fourth-order valence-electron chi connectivity index (χ4n) is 11.3. The molecule has 4 N–H and O–H groups in total. The lowest BCUT2D eigenvalue weighted by Crippen LogP contribution is -2.49. The number of aromatic carboxylic acids is 1. The van der Waals surface area contributed by atoms with E-state index in [1.54, 1.807) is 0 Å². The van der Waals surface area contributed by atoms with Gasteiger partial charge in [0, 0.05) is 61.8 Å². The first-order chi connectivity index (χ1) is 34.0. The molecule has 1 spiro atoms. The van der Waals surface area contributed by atoms with E-state index in [4.69, 9.17) is 9.72 Å². The monoisotopic (exact) mass is 957 g/mol. The van der Waals surface area contributed by atoms with Crippen LogP contribution in [0.15, 0.2) is 91.0 Å². The normalized spacial score (nSPS) is 18.1. The van der Waals surface area contributed by atoms with Crippen molar-refractivity contribution in [2.24, 2.45) is 18.4 Å². The molecule has 0 bridgehead atoms. The number of carbonyl (C=O) groups excluding carboxylic acids is 3. The smallest absolute Gasteiger partial charge is 0.355 e. The average Bonchev–Trinajstić information content (AvgIpc) is 3.92. The maximum Gasteiger partial charge on any atom is 0.355 e. The minimum atomic E-state index is -1.11. The van der Waals surface area contributed by atoms with E-state index in [1.165, 1.54) is 24.2 Å². The van der Waals surface area contributed by atoms with E-state index >= 15 is 0 Å². The third-order valence-corrected chi connectivity index (χ3v) is 16.0. The number of nitrogens with zero attached hydrogens (tertiary/aromatic N) is 6. The number of carboxylic acids is 1. The van der Waals surface area contributed by atoms with Crippen LogP contribution in [0, 0.1) is 18.3 Å². The van der Waals surface area contributed by atoms with E-state index in [0.717, 1.165) is 99.5 Å². The number of rotatable bonds is 13. The second kappa shape index (κ2) is 18.6. The summed E-state index contributed by atoms with van der Waals surface area (Å²) in [6, 6.07) is 29.3. The van der Waals surface area contributed by atoms with Crippen LogP contribution in [0.1, 0.15) is 87.7 Å². The third-order valence-electron chi connectivity index (χ3n) is 15.1. The minimum absolute atomic E-state index is 0.0261. The molecule has 3 aliphatic heterocycles. The Balaban J connectivity index is 0.673. The SMILES string of the molecule is Cc1c(OCC2CC3(CCN(CCNc4ccc5c(C6CCC(=O)NC6=O)nn(C)c5c4)CC3)C2)cccc1-c1ccc(N2CCc3cccc(C(=O)Nc4nc5ccccc5s4)c3C2)nc1C(=O)O. The molecule has 1 atom stereocenters. The number of amides is 3. The lowest BCUT2D eigenvalue weighted by molar-refractivity contribution is -0.134. The van der Waals surface area contributed by atoms with Crippen LogP contribution < -0.4 is 25.6 Å². The summed E-state index contributed by atoms with van der Waals surface area (Å²) < 4.78 is 9.31. The third kappa shape index (κ3) is 8.85. The molecule has 358 valence electrons. The van der Waals surface area contributed by atoms with Gasteiger partial charge in [-0.1, -0.05) is 47.7 Å². The number of ether oxygens (including phenoxy) is 1. The van der Waals surface area contributed by atoms with Crippen molar-refractivity contribution in [3.63, 3.8) is 0 Å². The zero-order valence-electron chi connectivity index (χ0n) is 39.3. The van der Waals surface area contributed by atoms with Crippen molar-refractivity contribution in [1.29, 1.82) is 0 Å². The van der Waals surface area contributed by atoms with Gasteiger partial charge in [0.05, 0.1) is 34.0 Å². The second-order valence-corrected chi connectivity index (χ2v) is 20.5. The fourth-order valence-corrected chi connectivity index (χ4v) is 12.1. The lowest BCUT2D eigenvalue weighted by atomic mass is 9.58. The number of imide groups is 1. The van der Waals surface area contributed by atoms with Gasteiger partial charge in [-0.2, -0.15) is 5.10 Å². The predicted octanol–water partition coefficient (Wildman–Crippen LogP) is 8.57. The van der Waals surface area contributed by atoms with Gasteiger partial charge in [-0.15, -0.1) is 0 Å². The number of likely N-dealkylation sites (tertiary alicyclic amines) is 1. The van der Waals surface area contributed by atoms with E-state index < -0.39 is 11.9 Å². The molecule has 2 saturated heterocycles. The van der Waals surface area contributed by atoms with E-state index in [-0.39, 0.29) is 23.4 Å². The van der Waals surface area contributed by atoms with Crippen LogP contribution in [0.5, 0.6) is 5.75 Å². The Morgan fingerprint density at radius 1 is 0.929 bits per heavy atom. The van der Waals surface area contributed by atoms with Crippen molar-refractivity contribution in [1.82, 2.24) is 30.0 Å². The molecule has 0 radical (unpaired) electrons. The largest absolute Gasteiger partial charge is 0.493 e. The van der Waals surface area contributed by atoms with E-state index in [0.29, 0.717) is 72.4 Å². The Morgan fingerprint density at radius 2 is 1.76 bits per heavy atom. The number of hydrogen-bond donors (Lipinski definition) is 4. The summed E-state index contributed by atoms with van der Waals surface area (Å²) in [5.41, 5.74) is 8.60. The number of pyridine rings is 1. The van der Waals surface area contributed by atoms with Crippen LogP contribution in [0.25, 0.3) is 32.2 Å². The molecular formula is C54H55N9O6S. The second-order valence-electron chi connectivity index (χ2n) is 19.5. The van der Waals surface area contributed by atoms with Gasteiger partial charge in [0.25, 0.3) is 5.91 Å². The Labute approximate surface area is 409 Å². The van der Waals surface area contributed by atoms with Crippen molar-refractivity contribution in [3.8, 4) is 16.9 Å². The number of carboxylic acid groups (broad SMARTS) is 1. The highest BCUT2D eigenvalue weighted by molar-refractivity contribution is 7.22. The molecule has 3 aromatic heterocycles. The molecule has 11 rings (SSSR count). The van der Waals surface area contributed by atoms with Gasteiger partial charge in [-0.25, -0.2) is 14.8 Å². The van der Waals surface area contributed by atoms with Gasteiger partial charge in [0.1, 0.15) is 11.6 Å². The first-order valence-corrected chi connectivity index (χ1v) is 25.1. The molecule has 70 heavy (non-hydrogen) atoms. The number of fused-ring (bicyclic) bond motifs is 3. The quantitative estimate of drug-likeness (QED) is 0.0809. The number of nitrogens with one attached hydrogen (secondary N) is 3. The fraction of sp³-hybridized carbons (Fsp3) is 0.352. The molecule has 3 amide bonds. The number of hydrogen-bond acceptors (Lipinski definition) is 12. The molecular weight excluding hydrogens is 903 g/mol. The maximum absolute atomic E-state index is 13.6. The van der Waals surface area contributed by atoms with Crippen LogP contribution in [-0.2, 0) is 29.6 Å². The van der Waals surface area contributed by atoms with Crippen molar-refractivity contribution >= 4 is 72.8 Å². The van der Waals surface area contributed by atoms with Crippen LogP contribution in [0.2, 0.25) is 0 Å².